The number of nitrogens with one attached hydrogen (secondary N) is 3. The van der Waals surface area contributed by atoms with Crippen LogP contribution in [-0.2, 0) is 14.2 Å². The zero-order valence-electron chi connectivity index (χ0n) is 26.9. The van der Waals surface area contributed by atoms with E-state index in [4.69, 9.17) is 14.2 Å². The minimum atomic E-state index is -1.06. The van der Waals surface area contributed by atoms with Gasteiger partial charge in [0.25, 0.3) is 0 Å². The summed E-state index contributed by atoms with van der Waals surface area (Å²) in [6.45, 7) is 24.5. The fraction of sp³-hybridized carbons (Fsp3) is 0.900. The molecule has 3 aliphatic rings. The predicted octanol–water partition coefficient (Wildman–Crippen LogP) is 5.63. The number of carbonyl (C=O) groups is 3. The van der Waals surface area contributed by atoms with Crippen molar-refractivity contribution in [2.75, 3.05) is 0 Å². The summed E-state index contributed by atoms with van der Waals surface area (Å²) in [5, 5.41) is 10.6. The summed E-state index contributed by atoms with van der Waals surface area (Å²) in [4.78, 5) is 41.1. The number of nitrogens with zero attached hydrogens (tertiary/aromatic N) is 1. The maximum Gasteiger partial charge on any atom is 0.429 e. The molecule has 0 radical (unpaired) electrons. The zero-order valence-corrected chi connectivity index (χ0v) is 26.9. The van der Waals surface area contributed by atoms with E-state index in [1.54, 1.807) is 0 Å². The van der Waals surface area contributed by atoms with E-state index in [1.165, 1.54) is 0 Å². The van der Waals surface area contributed by atoms with Crippen LogP contribution in [0.15, 0.2) is 0 Å². The molecule has 0 aromatic heterocycles. The lowest BCUT2D eigenvalue weighted by Crippen LogP contribution is -2.61. The molecule has 0 aliphatic carbocycles. The molecule has 0 bridgehead atoms. The number of hydrogen-bond acceptors (Lipinski definition) is 9. The summed E-state index contributed by atoms with van der Waals surface area (Å²) in [5.41, 5.74) is -1.77. The molecule has 0 atom stereocenters. The van der Waals surface area contributed by atoms with Crippen molar-refractivity contribution in [3.05, 3.63) is 0 Å². The molecule has 0 unspecified atom stereocenters. The first kappa shape index (κ1) is 32.6. The Morgan fingerprint density at radius 2 is 0.625 bits per heavy atom. The fourth-order valence-corrected chi connectivity index (χ4v) is 7.75. The van der Waals surface area contributed by atoms with E-state index in [0.29, 0.717) is 43.4 Å². The van der Waals surface area contributed by atoms with Gasteiger partial charge in [-0.25, -0.2) is 14.4 Å². The van der Waals surface area contributed by atoms with Gasteiger partial charge in [-0.2, -0.15) is 0 Å². The summed E-state index contributed by atoms with van der Waals surface area (Å²) in [7, 11) is 0. The monoisotopic (exact) mass is 566 g/mol. The van der Waals surface area contributed by atoms with Gasteiger partial charge in [0.15, 0.2) is 0 Å². The van der Waals surface area contributed by atoms with Gasteiger partial charge in [0.2, 0.25) is 0 Å². The van der Waals surface area contributed by atoms with Crippen LogP contribution in [0.1, 0.15) is 122 Å². The number of amides is 3. The largest absolute Gasteiger partial charge is 0.445 e. The first-order valence-corrected chi connectivity index (χ1v) is 14.7. The molecule has 230 valence electrons. The molecule has 3 amide bonds. The quantitative estimate of drug-likeness (QED) is 0.374. The van der Waals surface area contributed by atoms with Crippen LogP contribution in [0.3, 0.4) is 0 Å². The minimum Gasteiger partial charge on any atom is -0.445 e. The fourth-order valence-electron chi connectivity index (χ4n) is 7.75. The maximum atomic E-state index is 13.6. The summed E-state index contributed by atoms with van der Waals surface area (Å²) >= 11 is 0. The van der Waals surface area contributed by atoms with E-state index in [9.17, 15) is 14.4 Å². The molecule has 3 rings (SSSR count). The van der Waals surface area contributed by atoms with E-state index in [1.807, 2.05) is 83.1 Å². The molecule has 0 aromatic rings. The molecule has 0 spiro atoms. The average Bonchev–Trinajstić information content (AvgIpc) is 2.59. The molecule has 0 saturated carbocycles. The lowest BCUT2D eigenvalue weighted by Gasteiger charge is -2.46. The highest BCUT2D eigenvalue weighted by Crippen LogP contribution is 2.34. The van der Waals surface area contributed by atoms with Crippen molar-refractivity contribution in [2.45, 2.75) is 173 Å². The number of piperidine rings is 3. The molecule has 10 heteroatoms. The lowest BCUT2D eigenvalue weighted by atomic mass is 9.81. The van der Waals surface area contributed by atoms with Crippen LogP contribution < -0.4 is 16.0 Å². The van der Waals surface area contributed by atoms with Gasteiger partial charge < -0.3 is 30.2 Å². The summed E-state index contributed by atoms with van der Waals surface area (Å²) in [5.74, 6) is 0. The van der Waals surface area contributed by atoms with Crippen molar-refractivity contribution in [2.24, 2.45) is 0 Å². The highest BCUT2D eigenvalue weighted by atomic mass is 16.6. The molecule has 3 aliphatic heterocycles. The zero-order chi connectivity index (χ0) is 30.5. The van der Waals surface area contributed by atoms with Crippen molar-refractivity contribution in [3.8, 4) is 0 Å². The van der Waals surface area contributed by atoms with E-state index >= 15 is 0 Å². The Hall–Kier alpha value is -1.91. The second kappa shape index (κ2) is 10.7. The predicted molar refractivity (Wildman–Crippen MR) is 154 cm³/mol. The molecule has 3 saturated heterocycles. The minimum absolute atomic E-state index is 0.295. The summed E-state index contributed by atoms with van der Waals surface area (Å²) in [6.07, 6.45) is -1.45. The van der Waals surface area contributed by atoms with Crippen LogP contribution in [0.2, 0.25) is 0 Å². The molecule has 40 heavy (non-hydrogen) atoms. The Morgan fingerprint density at radius 3 is 0.800 bits per heavy atom. The van der Waals surface area contributed by atoms with Crippen LogP contribution in [0.4, 0.5) is 14.4 Å². The smallest absolute Gasteiger partial charge is 0.429 e. The number of hydrogen-bond donors (Lipinski definition) is 3. The second-order valence-electron chi connectivity index (χ2n) is 16.3. The molecule has 10 nitrogen and oxygen atoms in total. The van der Waals surface area contributed by atoms with Crippen molar-refractivity contribution < 1.29 is 28.6 Å². The highest BCUT2D eigenvalue weighted by Gasteiger charge is 2.46. The van der Waals surface area contributed by atoms with Gasteiger partial charge >= 0.3 is 18.3 Å². The van der Waals surface area contributed by atoms with Gasteiger partial charge in [0.05, 0.1) is 0 Å². The van der Waals surface area contributed by atoms with Crippen LogP contribution in [0.25, 0.3) is 0 Å². The van der Waals surface area contributed by atoms with Gasteiger partial charge in [-0.05, 0) is 83.1 Å². The lowest BCUT2D eigenvalue weighted by molar-refractivity contribution is -0.0245. The summed E-state index contributed by atoms with van der Waals surface area (Å²) in [6, 6.07) is 0. The maximum absolute atomic E-state index is 13.6. The third-order valence-corrected chi connectivity index (χ3v) is 7.81. The topological polar surface area (TPSA) is 118 Å². The third kappa shape index (κ3) is 9.05. The summed E-state index contributed by atoms with van der Waals surface area (Å²) < 4.78 is 17.5. The first-order chi connectivity index (χ1) is 17.9. The average molecular weight is 567 g/mol. The Kier molecular flexibility index (Phi) is 8.75. The van der Waals surface area contributed by atoms with Crippen molar-refractivity contribution in [3.63, 3.8) is 0 Å². The van der Waals surface area contributed by atoms with Gasteiger partial charge in [0.1, 0.15) is 18.3 Å². The number of ether oxygens (including phenoxy) is 3. The third-order valence-electron chi connectivity index (χ3n) is 7.81. The van der Waals surface area contributed by atoms with Gasteiger partial charge in [-0.1, -0.05) is 0 Å². The van der Waals surface area contributed by atoms with Crippen LogP contribution in [-0.4, -0.2) is 74.7 Å². The molecular formula is C30H54N4O6. The molecule has 3 heterocycles. The van der Waals surface area contributed by atoms with E-state index in [2.05, 4.69) is 16.0 Å². The van der Waals surface area contributed by atoms with Crippen molar-refractivity contribution in [1.29, 1.82) is 0 Å². The second-order valence-corrected chi connectivity index (χ2v) is 16.3. The first-order valence-electron chi connectivity index (χ1n) is 14.7. The van der Waals surface area contributed by atoms with Gasteiger partial charge in [0, 0.05) is 71.8 Å². The van der Waals surface area contributed by atoms with Gasteiger partial charge in [-0.3, -0.25) is 0 Å². The van der Waals surface area contributed by atoms with E-state index in [0.717, 1.165) is 0 Å². The SMILES string of the molecule is CC1(C)CC(OC(=O)N(C(=O)OC2CC(C)(C)NC(C)(C)C2)C(=O)OC2CC(C)(C)NC(C)(C)C2)CC(C)(C)N1. The number of carbonyl (C=O) groups excluding carboxylic acids is 3. The number of imide groups is 3. The van der Waals surface area contributed by atoms with Crippen LogP contribution >= 0.6 is 0 Å². The van der Waals surface area contributed by atoms with E-state index < -0.39 is 36.6 Å². The molecule has 0 aromatic carbocycles. The molecular weight excluding hydrogens is 512 g/mol. The molecule has 3 fully saturated rings. The molecule has 3 N–H and O–H groups in total. The Bertz CT molecular complexity index is 815. The Morgan fingerprint density at radius 1 is 0.450 bits per heavy atom. The highest BCUT2D eigenvalue weighted by molar-refractivity contribution is 6.04. The normalized spacial score (nSPS) is 27.3. The number of rotatable bonds is 3. The Balaban J connectivity index is 1.83. The van der Waals surface area contributed by atoms with Gasteiger partial charge in [-0.15, -0.1) is 4.90 Å². The standard InChI is InChI=1S/C30H54N4O6/c1-25(2)13-19(14-26(3,4)31-25)38-22(35)34(23(36)39-20-15-27(5,6)32-28(7,8)16-20)24(37)40-21-17-29(9,10)33-30(11,12)18-21/h19-21,31-33H,13-18H2,1-12H3. The Labute approximate surface area is 241 Å². The van der Waals surface area contributed by atoms with Crippen LogP contribution in [0.5, 0.6) is 0 Å². The van der Waals surface area contributed by atoms with E-state index in [-0.39, 0.29) is 33.2 Å². The van der Waals surface area contributed by atoms with Crippen LogP contribution in [0, 0.1) is 0 Å². The van der Waals surface area contributed by atoms with Crippen molar-refractivity contribution in [1.82, 2.24) is 20.9 Å². The van der Waals surface area contributed by atoms with Crippen molar-refractivity contribution >= 4 is 18.3 Å².